The molecule has 0 aliphatic carbocycles. The summed E-state index contributed by atoms with van der Waals surface area (Å²) in [5.74, 6) is 1.01. The molecule has 17 heavy (non-hydrogen) atoms. The standard InChI is InChI=1S/C14H20O3/c1-11(15)10-13-4-6-14(7-5-13)17-12(2)8-9-16-3/h4-7,12H,8-10H2,1-3H3. The highest BCUT2D eigenvalue weighted by molar-refractivity contribution is 5.78. The van der Waals surface area contributed by atoms with E-state index in [1.807, 2.05) is 31.2 Å². The Morgan fingerprint density at radius 2 is 1.94 bits per heavy atom. The SMILES string of the molecule is COCCC(C)Oc1ccc(CC(C)=O)cc1. The Bertz CT molecular complexity index is 343. The minimum Gasteiger partial charge on any atom is -0.491 e. The molecule has 0 aliphatic heterocycles. The number of Topliss-reactive ketones (excluding diaryl/α,β-unsaturated/α-hetero) is 1. The molecule has 1 aromatic rings. The van der Waals surface area contributed by atoms with Gasteiger partial charge in [-0.3, -0.25) is 4.79 Å². The van der Waals surface area contributed by atoms with E-state index in [4.69, 9.17) is 9.47 Å². The van der Waals surface area contributed by atoms with Crippen LogP contribution < -0.4 is 4.74 Å². The third-order valence-electron chi connectivity index (χ3n) is 2.44. The topological polar surface area (TPSA) is 35.5 Å². The fraction of sp³-hybridized carbons (Fsp3) is 0.500. The molecule has 0 spiro atoms. The lowest BCUT2D eigenvalue weighted by Gasteiger charge is -2.14. The van der Waals surface area contributed by atoms with Gasteiger partial charge in [-0.1, -0.05) is 12.1 Å². The first-order valence-electron chi connectivity index (χ1n) is 5.85. The summed E-state index contributed by atoms with van der Waals surface area (Å²) in [6.45, 7) is 4.31. The van der Waals surface area contributed by atoms with Crippen molar-refractivity contribution in [3.8, 4) is 5.75 Å². The molecular formula is C14H20O3. The number of carbonyl (C=O) groups excluding carboxylic acids is 1. The summed E-state index contributed by atoms with van der Waals surface area (Å²) >= 11 is 0. The highest BCUT2D eigenvalue weighted by atomic mass is 16.5. The van der Waals surface area contributed by atoms with Crippen LogP contribution in [0.1, 0.15) is 25.8 Å². The second-order valence-corrected chi connectivity index (χ2v) is 4.23. The number of rotatable bonds is 7. The van der Waals surface area contributed by atoms with Crippen LogP contribution in [0.25, 0.3) is 0 Å². The molecule has 3 heteroatoms. The number of ether oxygens (including phenoxy) is 2. The first-order chi connectivity index (χ1) is 8.11. The van der Waals surface area contributed by atoms with Crippen LogP contribution in [-0.2, 0) is 16.0 Å². The highest BCUT2D eigenvalue weighted by Crippen LogP contribution is 2.15. The number of methoxy groups -OCH3 is 1. The largest absolute Gasteiger partial charge is 0.491 e. The summed E-state index contributed by atoms with van der Waals surface area (Å²) in [7, 11) is 1.68. The summed E-state index contributed by atoms with van der Waals surface area (Å²) in [5.41, 5.74) is 1.02. The van der Waals surface area contributed by atoms with Gasteiger partial charge >= 0.3 is 0 Å². The number of hydrogen-bond acceptors (Lipinski definition) is 3. The zero-order valence-electron chi connectivity index (χ0n) is 10.7. The van der Waals surface area contributed by atoms with Crippen molar-refractivity contribution in [2.45, 2.75) is 32.8 Å². The maximum Gasteiger partial charge on any atom is 0.134 e. The molecule has 0 radical (unpaired) electrons. The molecule has 94 valence electrons. The van der Waals surface area contributed by atoms with Crippen LogP contribution >= 0.6 is 0 Å². The summed E-state index contributed by atoms with van der Waals surface area (Å²) in [5, 5.41) is 0. The van der Waals surface area contributed by atoms with Gasteiger partial charge in [0.15, 0.2) is 0 Å². The molecule has 0 N–H and O–H groups in total. The van der Waals surface area contributed by atoms with Crippen molar-refractivity contribution in [1.82, 2.24) is 0 Å². The van der Waals surface area contributed by atoms with Gasteiger partial charge in [-0.25, -0.2) is 0 Å². The van der Waals surface area contributed by atoms with Crippen LogP contribution in [0.15, 0.2) is 24.3 Å². The van der Waals surface area contributed by atoms with Crippen molar-refractivity contribution < 1.29 is 14.3 Å². The zero-order chi connectivity index (χ0) is 12.7. The van der Waals surface area contributed by atoms with Crippen LogP contribution in [-0.4, -0.2) is 25.6 Å². The molecule has 0 aliphatic rings. The van der Waals surface area contributed by atoms with Crippen molar-refractivity contribution in [1.29, 1.82) is 0 Å². The van der Waals surface area contributed by atoms with Crippen molar-refractivity contribution in [3.63, 3.8) is 0 Å². The Morgan fingerprint density at radius 1 is 1.29 bits per heavy atom. The molecule has 0 heterocycles. The second-order valence-electron chi connectivity index (χ2n) is 4.23. The Morgan fingerprint density at radius 3 is 2.47 bits per heavy atom. The summed E-state index contributed by atoms with van der Waals surface area (Å²) in [4.78, 5) is 10.9. The minimum absolute atomic E-state index is 0.133. The minimum atomic E-state index is 0.133. The van der Waals surface area contributed by atoms with Gasteiger partial charge in [-0.05, 0) is 31.5 Å². The fourth-order valence-electron chi connectivity index (χ4n) is 1.55. The summed E-state index contributed by atoms with van der Waals surface area (Å²) in [6.07, 6.45) is 1.49. The monoisotopic (exact) mass is 236 g/mol. The lowest BCUT2D eigenvalue weighted by atomic mass is 10.1. The van der Waals surface area contributed by atoms with Gasteiger partial charge in [0.1, 0.15) is 11.5 Å². The first-order valence-corrected chi connectivity index (χ1v) is 5.85. The highest BCUT2D eigenvalue weighted by Gasteiger charge is 2.04. The lowest BCUT2D eigenvalue weighted by molar-refractivity contribution is -0.116. The van der Waals surface area contributed by atoms with E-state index in [0.717, 1.165) is 17.7 Å². The van der Waals surface area contributed by atoms with E-state index in [9.17, 15) is 4.79 Å². The molecule has 1 aromatic carbocycles. The van der Waals surface area contributed by atoms with Crippen molar-refractivity contribution >= 4 is 5.78 Å². The molecule has 1 atom stereocenters. The molecule has 0 bridgehead atoms. The maximum absolute atomic E-state index is 10.9. The normalized spacial score (nSPS) is 12.2. The number of benzene rings is 1. The average Bonchev–Trinajstić information content (AvgIpc) is 2.28. The Hall–Kier alpha value is -1.35. The van der Waals surface area contributed by atoms with Gasteiger partial charge in [-0.2, -0.15) is 0 Å². The van der Waals surface area contributed by atoms with Crippen LogP contribution in [0.3, 0.4) is 0 Å². The quantitative estimate of drug-likeness (QED) is 0.730. The smallest absolute Gasteiger partial charge is 0.134 e. The summed E-state index contributed by atoms with van der Waals surface area (Å²) in [6, 6.07) is 7.67. The van der Waals surface area contributed by atoms with Gasteiger partial charge in [-0.15, -0.1) is 0 Å². The summed E-state index contributed by atoms with van der Waals surface area (Å²) < 4.78 is 10.7. The van der Waals surface area contributed by atoms with E-state index in [-0.39, 0.29) is 11.9 Å². The first kappa shape index (κ1) is 13.7. The van der Waals surface area contributed by atoms with E-state index in [2.05, 4.69) is 0 Å². The molecule has 3 nitrogen and oxygen atoms in total. The Labute approximate surface area is 103 Å². The molecule has 0 amide bonds. The predicted octanol–water partition coefficient (Wildman–Crippen LogP) is 2.62. The molecule has 0 saturated carbocycles. The van der Waals surface area contributed by atoms with E-state index < -0.39 is 0 Å². The third kappa shape index (κ3) is 5.50. The van der Waals surface area contributed by atoms with Crippen LogP contribution in [0, 0.1) is 0 Å². The van der Waals surface area contributed by atoms with Gasteiger partial charge in [0, 0.05) is 26.6 Å². The van der Waals surface area contributed by atoms with Crippen LogP contribution in [0.4, 0.5) is 0 Å². The fourth-order valence-corrected chi connectivity index (χ4v) is 1.55. The van der Waals surface area contributed by atoms with Crippen molar-refractivity contribution in [3.05, 3.63) is 29.8 Å². The van der Waals surface area contributed by atoms with Crippen LogP contribution in [0.2, 0.25) is 0 Å². The second kappa shape index (κ2) is 7.07. The van der Waals surface area contributed by atoms with Crippen LogP contribution in [0.5, 0.6) is 5.75 Å². The Balaban J connectivity index is 2.47. The lowest BCUT2D eigenvalue weighted by Crippen LogP contribution is -2.14. The van der Waals surface area contributed by atoms with E-state index in [0.29, 0.717) is 13.0 Å². The number of carbonyl (C=O) groups is 1. The number of ketones is 1. The Kier molecular flexibility index (Phi) is 5.70. The molecule has 1 rings (SSSR count). The van der Waals surface area contributed by atoms with E-state index in [1.165, 1.54) is 0 Å². The molecule has 0 fully saturated rings. The molecular weight excluding hydrogens is 216 g/mol. The van der Waals surface area contributed by atoms with E-state index in [1.54, 1.807) is 14.0 Å². The van der Waals surface area contributed by atoms with Gasteiger partial charge < -0.3 is 9.47 Å². The third-order valence-corrected chi connectivity index (χ3v) is 2.44. The average molecular weight is 236 g/mol. The predicted molar refractivity (Wildman–Crippen MR) is 67.4 cm³/mol. The van der Waals surface area contributed by atoms with E-state index >= 15 is 0 Å². The zero-order valence-corrected chi connectivity index (χ0v) is 10.7. The molecule has 0 saturated heterocycles. The van der Waals surface area contributed by atoms with Gasteiger partial charge in [0.25, 0.3) is 0 Å². The maximum atomic E-state index is 10.9. The van der Waals surface area contributed by atoms with Gasteiger partial charge in [0.2, 0.25) is 0 Å². The van der Waals surface area contributed by atoms with Gasteiger partial charge in [0.05, 0.1) is 6.10 Å². The molecule has 1 unspecified atom stereocenters. The van der Waals surface area contributed by atoms with Crippen molar-refractivity contribution in [2.24, 2.45) is 0 Å². The molecule has 0 aromatic heterocycles. The van der Waals surface area contributed by atoms with Crippen molar-refractivity contribution in [2.75, 3.05) is 13.7 Å². The number of hydrogen-bond donors (Lipinski definition) is 0.